The maximum absolute atomic E-state index is 12.2. The number of hydrogen-bond acceptors (Lipinski definition) is 5. The maximum Gasteiger partial charge on any atom is 0.437 e. The Hall–Kier alpha value is -2.38. The summed E-state index contributed by atoms with van der Waals surface area (Å²) in [4.78, 5) is 24.7. The van der Waals surface area contributed by atoms with Crippen LogP contribution in [0.4, 0.5) is 0 Å². The Morgan fingerprint density at radius 2 is 2.17 bits per heavy atom. The fourth-order valence-electron chi connectivity index (χ4n) is 2.23. The highest BCUT2D eigenvalue weighted by atomic mass is 35.5. The molecule has 3 aromatic rings. The van der Waals surface area contributed by atoms with Gasteiger partial charge in [-0.25, -0.2) is 4.79 Å². The molecule has 0 bridgehead atoms. The summed E-state index contributed by atoms with van der Waals surface area (Å²) in [5, 5.41) is 9.27. The molecule has 0 aliphatic heterocycles. The van der Waals surface area contributed by atoms with E-state index in [1.807, 2.05) is 36.6 Å². The first-order chi connectivity index (χ1) is 11.5. The second-order valence-corrected chi connectivity index (χ2v) is 6.47. The quantitative estimate of drug-likeness (QED) is 0.755. The Balaban J connectivity index is 1.69. The highest BCUT2D eigenvalue weighted by molar-refractivity contribution is 7.13. The van der Waals surface area contributed by atoms with Crippen molar-refractivity contribution in [1.29, 1.82) is 0 Å². The largest absolute Gasteiger partial charge is 0.437 e. The SMILES string of the molecule is C[C@H](NC(=O)Cn1nc(-c2cccs2)oc1=O)c1ccccc1Cl. The van der Waals surface area contributed by atoms with Crippen molar-refractivity contribution in [1.82, 2.24) is 15.1 Å². The van der Waals surface area contributed by atoms with Crippen LogP contribution in [0.25, 0.3) is 10.8 Å². The fraction of sp³-hybridized carbons (Fsp3) is 0.188. The number of rotatable bonds is 5. The lowest BCUT2D eigenvalue weighted by Gasteiger charge is -2.15. The first kappa shape index (κ1) is 16.5. The number of hydrogen-bond donors (Lipinski definition) is 1. The molecule has 2 aromatic heterocycles. The van der Waals surface area contributed by atoms with E-state index in [-0.39, 0.29) is 24.4 Å². The summed E-state index contributed by atoms with van der Waals surface area (Å²) < 4.78 is 6.08. The molecular formula is C16H14ClN3O3S. The van der Waals surface area contributed by atoms with Crippen LogP contribution in [0.5, 0.6) is 0 Å². The Kier molecular flexibility index (Phi) is 4.82. The van der Waals surface area contributed by atoms with Crippen LogP contribution >= 0.6 is 22.9 Å². The van der Waals surface area contributed by atoms with E-state index in [0.717, 1.165) is 15.1 Å². The Labute approximate surface area is 146 Å². The highest BCUT2D eigenvalue weighted by Gasteiger charge is 2.16. The molecule has 0 aliphatic carbocycles. The smallest absolute Gasteiger partial charge is 0.387 e. The van der Waals surface area contributed by atoms with Crippen molar-refractivity contribution in [3.63, 3.8) is 0 Å². The summed E-state index contributed by atoms with van der Waals surface area (Å²) in [6.07, 6.45) is 0. The molecule has 6 nitrogen and oxygen atoms in total. The monoisotopic (exact) mass is 363 g/mol. The summed E-state index contributed by atoms with van der Waals surface area (Å²) >= 11 is 7.52. The molecule has 0 aliphatic rings. The average molecular weight is 364 g/mol. The summed E-state index contributed by atoms with van der Waals surface area (Å²) in [6.45, 7) is 1.60. The minimum absolute atomic E-state index is 0.210. The zero-order valence-corrected chi connectivity index (χ0v) is 14.3. The van der Waals surface area contributed by atoms with Gasteiger partial charge in [0, 0.05) is 5.02 Å². The predicted octanol–water partition coefficient (Wildman–Crippen LogP) is 3.10. The van der Waals surface area contributed by atoms with Crippen LogP contribution in [0.1, 0.15) is 18.5 Å². The molecule has 0 unspecified atom stereocenters. The van der Waals surface area contributed by atoms with E-state index in [9.17, 15) is 9.59 Å². The van der Waals surface area contributed by atoms with E-state index in [1.165, 1.54) is 11.3 Å². The van der Waals surface area contributed by atoms with Gasteiger partial charge in [0.15, 0.2) is 0 Å². The van der Waals surface area contributed by atoms with Crippen molar-refractivity contribution in [3.05, 3.63) is 62.9 Å². The van der Waals surface area contributed by atoms with Gasteiger partial charge in [-0.3, -0.25) is 4.79 Å². The number of halogens is 1. The van der Waals surface area contributed by atoms with Crippen molar-refractivity contribution in [3.8, 4) is 10.8 Å². The first-order valence-corrected chi connectivity index (χ1v) is 8.46. The molecule has 0 fully saturated rings. The van der Waals surface area contributed by atoms with Crippen LogP contribution in [0.3, 0.4) is 0 Å². The normalized spacial score (nSPS) is 12.1. The van der Waals surface area contributed by atoms with Gasteiger partial charge in [-0.15, -0.1) is 16.4 Å². The lowest BCUT2D eigenvalue weighted by atomic mass is 10.1. The molecule has 124 valence electrons. The first-order valence-electron chi connectivity index (χ1n) is 7.20. The van der Waals surface area contributed by atoms with Gasteiger partial charge in [0.05, 0.1) is 10.9 Å². The third-order valence-electron chi connectivity index (χ3n) is 3.38. The van der Waals surface area contributed by atoms with Crippen LogP contribution in [0, 0.1) is 0 Å². The molecule has 24 heavy (non-hydrogen) atoms. The number of nitrogens with one attached hydrogen (secondary N) is 1. The summed E-state index contributed by atoms with van der Waals surface area (Å²) in [5.41, 5.74) is 0.805. The van der Waals surface area contributed by atoms with Gasteiger partial charge < -0.3 is 9.73 Å². The van der Waals surface area contributed by atoms with Crippen molar-refractivity contribution in [2.45, 2.75) is 19.5 Å². The molecule has 1 atom stereocenters. The van der Waals surface area contributed by atoms with Gasteiger partial charge in [0.25, 0.3) is 5.89 Å². The molecule has 1 aromatic carbocycles. The topological polar surface area (TPSA) is 77.1 Å². The van der Waals surface area contributed by atoms with Gasteiger partial charge in [0.1, 0.15) is 6.54 Å². The van der Waals surface area contributed by atoms with Crippen LogP contribution in [-0.4, -0.2) is 15.7 Å². The van der Waals surface area contributed by atoms with Crippen LogP contribution in [0.2, 0.25) is 5.02 Å². The molecular weight excluding hydrogens is 350 g/mol. The highest BCUT2D eigenvalue weighted by Crippen LogP contribution is 2.22. The van der Waals surface area contributed by atoms with E-state index < -0.39 is 5.76 Å². The fourth-order valence-corrected chi connectivity index (χ4v) is 3.18. The minimum atomic E-state index is -0.668. The zero-order chi connectivity index (χ0) is 17.1. The molecule has 0 saturated carbocycles. The van der Waals surface area contributed by atoms with Crippen LogP contribution < -0.4 is 11.1 Å². The average Bonchev–Trinajstić information content (AvgIpc) is 3.18. The number of carbonyl (C=O) groups excluding carboxylic acids is 1. The minimum Gasteiger partial charge on any atom is -0.387 e. The van der Waals surface area contributed by atoms with Gasteiger partial charge in [-0.1, -0.05) is 35.9 Å². The molecule has 3 rings (SSSR count). The second kappa shape index (κ2) is 7.02. The Morgan fingerprint density at radius 3 is 2.88 bits per heavy atom. The van der Waals surface area contributed by atoms with E-state index >= 15 is 0 Å². The molecule has 2 heterocycles. The second-order valence-electron chi connectivity index (χ2n) is 5.12. The lowest BCUT2D eigenvalue weighted by molar-refractivity contribution is -0.122. The van der Waals surface area contributed by atoms with E-state index in [1.54, 1.807) is 12.1 Å². The van der Waals surface area contributed by atoms with E-state index in [2.05, 4.69) is 10.4 Å². The Morgan fingerprint density at radius 1 is 1.38 bits per heavy atom. The third-order valence-corrected chi connectivity index (χ3v) is 4.58. The molecule has 1 N–H and O–H groups in total. The van der Waals surface area contributed by atoms with Crippen LogP contribution in [0.15, 0.2) is 51.0 Å². The number of thiophene rings is 1. The number of nitrogens with zero attached hydrogens (tertiary/aromatic N) is 2. The molecule has 8 heteroatoms. The van der Waals surface area contributed by atoms with Crippen LogP contribution in [-0.2, 0) is 11.3 Å². The summed E-state index contributed by atoms with van der Waals surface area (Å²) in [6, 6.07) is 10.6. The molecule has 0 radical (unpaired) electrons. The lowest BCUT2D eigenvalue weighted by Crippen LogP contribution is -2.33. The van der Waals surface area contributed by atoms with Gasteiger partial charge in [-0.2, -0.15) is 4.68 Å². The van der Waals surface area contributed by atoms with E-state index in [0.29, 0.717) is 5.02 Å². The number of amides is 1. The number of carbonyl (C=O) groups is 1. The van der Waals surface area contributed by atoms with Crippen molar-refractivity contribution in [2.24, 2.45) is 0 Å². The zero-order valence-electron chi connectivity index (χ0n) is 12.7. The maximum atomic E-state index is 12.2. The number of aromatic nitrogens is 2. The van der Waals surface area contributed by atoms with Gasteiger partial charge in [0.2, 0.25) is 5.91 Å². The Bertz CT molecular complexity index is 901. The van der Waals surface area contributed by atoms with Gasteiger partial charge in [-0.05, 0) is 30.0 Å². The number of benzene rings is 1. The predicted molar refractivity (Wildman–Crippen MR) is 92.1 cm³/mol. The standard InChI is InChI=1S/C16H14ClN3O3S/c1-10(11-5-2-3-6-12(11)17)18-14(21)9-20-16(22)23-15(19-20)13-7-4-8-24-13/h2-8,10H,9H2,1H3,(H,18,21)/t10-/m0/s1. The summed E-state index contributed by atoms with van der Waals surface area (Å²) in [7, 11) is 0. The molecule has 1 amide bonds. The molecule has 0 spiro atoms. The van der Waals surface area contributed by atoms with Crippen molar-refractivity contribution in [2.75, 3.05) is 0 Å². The van der Waals surface area contributed by atoms with Crippen molar-refractivity contribution < 1.29 is 9.21 Å². The third kappa shape index (κ3) is 3.58. The van der Waals surface area contributed by atoms with Gasteiger partial charge >= 0.3 is 5.76 Å². The van der Waals surface area contributed by atoms with E-state index in [4.69, 9.17) is 16.0 Å². The molecule has 0 saturated heterocycles. The van der Waals surface area contributed by atoms with Crippen molar-refractivity contribution >= 4 is 28.8 Å². The summed E-state index contributed by atoms with van der Waals surface area (Å²) in [5.74, 6) is -0.809.